The molecule has 1 aromatic heterocycles. The molecule has 0 N–H and O–H groups in total. The third-order valence-corrected chi connectivity index (χ3v) is 5.77. The predicted molar refractivity (Wildman–Crippen MR) is 137 cm³/mol. The number of carbonyl (C=O) groups excluding carboxylic acids is 2. The number of benzene rings is 2. The number of amides is 2. The van der Waals surface area contributed by atoms with Crippen molar-refractivity contribution in [3.63, 3.8) is 0 Å². The van der Waals surface area contributed by atoms with Crippen molar-refractivity contribution in [2.24, 2.45) is 0 Å². The van der Waals surface area contributed by atoms with Crippen LogP contribution in [0.4, 0.5) is 9.59 Å². The van der Waals surface area contributed by atoms with E-state index in [1.807, 2.05) is 81.4 Å². The van der Waals surface area contributed by atoms with Crippen LogP contribution in [0.3, 0.4) is 0 Å². The lowest BCUT2D eigenvalue weighted by Crippen LogP contribution is -2.39. The average molecular weight is 496 g/mol. The lowest BCUT2D eigenvalue weighted by atomic mass is 10.2. The van der Waals surface area contributed by atoms with Crippen LogP contribution in [0.15, 0.2) is 72.4 Å². The molecular formula is C27H33N3O4S. The van der Waals surface area contributed by atoms with Crippen molar-refractivity contribution in [2.75, 3.05) is 13.1 Å². The third kappa shape index (κ3) is 9.41. The first kappa shape index (κ1) is 26.2. The molecule has 0 bridgehead atoms. The highest BCUT2D eigenvalue weighted by Gasteiger charge is 2.23. The lowest BCUT2D eigenvalue weighted by Gasteiger charge is -2.28. The van der Waals surface area contributed by atoms with E-state index < -0.39 is 11.7 Å². The van der Waals surface area contributed by atoms with E-state index in [1.54, 1.807) is 21.5 Å². The molecule has 0 saturated carbocycles. The molecule has 0 spiro atoms. The summed E-state index contributed by atoms with van der Waals surface area (Å²) >= 11 is 1.45. The summed E-state index contributed by atoms with van der Waals surface area (Å²) in [5.41, 5.74) is 3.15. The Morgan fingerprint density at radius 3 is 1.89 bits per heavy atom. The van der Waals surface area contributed by atoms with E-state index >= 15 is 0 Å². The van der Waals surface area contributed by atoms with Gasteiger partial charge in [0.15, 0.2) is 0 Å². The first-order chi connectivity index (χ1) is 16.8. The van der Waals surface area contributed by atoms with E-state index in [1.165, 1.54) is 11.3 Å². The van der Waals surface area contributed by atoms with E-state index in [0.29, 0.717) is 32.6 Å². The molecule has 2 amide bonds. The SMILES string of the molecule is CC(C)(C)OC(=O)N(CCCN(Cc1ccccc1)C(=O)OCc1cncs1)Cc1ccccc1. The zero-order valence-corrected chi connectivity index (χ0v) is 21.4. The lowest BCUT2D eigenvalue weighted by molar-refractivity contribution is 0.0225. The van der Waals surface area contributed by atoms with E-state index in [0.717, 1.165) is 16.0 Å². The van der Waals surface area contributed by atoms with Crippen LogP contribution in [0.2, 0.25) is 0 Å². The number of rotatable bonds is 10. The van der Waals surface area contributed by atoms with Crippen LogP contribution in [0.25, 0.3) is 0 Å². The zero-order chi connectivity index (χ0) is 25.1. The van der Waals surface area contributed by atoms with Gasteiger partial charge in [0.1, 0.15) is 12.2 Å². The highest BCUT2D eigenvalue weighted by atomic mass is 32.1. The van der Waals surface area contributed by atoms with Crippen molar-refractivity contribution >= 4 is 23.5 Å². The van der Waals surface area contributed by atoms with Gasteiger partial charge >= 0.3 is 12.2 Å². The number of hydrogen-bond acceptors (Lipinski definition) is 6. The number of hydrogen-bond donors (Lipinski definition) is 0. The fourth-order valence-corrected chi connectivity index (χ4v) is 3.90. The number of carbonyl (C=O) groups is 2. The molecule has 0 atom stereocenters. The maximum absolute atomic E-state index is 12.9. The Morgan fingerprint density at radius 1 is 0.857 bits per heavy atom. The van der Waals surface area contributed by atoms with Crippen molar-refractivity contribution in [2.45, 2.75) is 52.5 Å². The molecule has 0 saturated heterocycles. The van der Waals surface area contributed by atoms with Gasteiger partial charge in [-0.05, 0) is 38.3 Å². The summed E-state index contributed by atoms with van der Waals surface area (Å²) < 4.78 is 11.2. The molecule has 8 heteroatoms. The van der Waals surface area contributed by atoms with Gasteiger partial charge in [0.2, 0.25) is 0 Å². The highest BCUT2D eigenvalue weighted by molar-refractivity contribution is 7.09. The van der Waals surface area contributed by atoms with Gasteiger partial charge in [-0.15, -0.1) is 11.3 Å². The summed E-state index contributed by atoms with van der Waals surface area (Å²) in [6, 6.07) is 19.6. The monoisotopic (exact) mass is 495 g/mol. The third-order valence-electron chi connectivity index (χ3n) is 5.02. The number of ether oxygens (including phenoxy) is 2. The molecule has 2 aromatic carbocycles. The largest absolute Gasteiger partial charge is 0.444 e. The Bertz CT molecular complexity index is 1040. The first-order valence-electron chi connectivity index (χ1n) is 11.6. The second kappa shape index (κ2) is 12.9. The first-order valence-corrected chi connectivity index (χ1v) is 12.5. The second-order valence-electron chi connectivity index (χ2n) is 9.17. The van der Waals surface area contributed by atoms with Crippen molar-refractivity contribution in [1.29, 1.82) is 0 Å². The second-order valence-corrected chi connectivity index (χ2v) is 10.1. The standard InChI is InChI=1S/C27H33N3O4S/c1-27(2,3)34-26(32)30(19-23-13-8-5-9-14-23)16-10-15-29(18-22-11-6-4-7-12-22)25(31)33-20-24-17-28-21-35-24/h4-9,11-14,17,21H,10,15-16,18-20H2,1-3H3. The molecule has 7 nitrogen and oxygen atoms in total. The van der Waals surface area contributed by atoms with Crippen molar-refractivity contribution in [3.8, 4) is 0 Å². The van der Waals surface area contributed by atoms with Crippen LogP contribution in [0, 0.1) is 0 Å². The molecule has 0 fully saturated rings. The Labute approximate surface area is 211 Å². The van der Waals surface area contributed by atoms with Gasteiger partial charge in [0.05, 0.1) is 10.4 Å². The van der Waals surface area contributed by atoms with Crippen LogP contribution >= 0.6 is 11.3 Å². The average Bonchev–Trinajstić information content (AvgIpc) is 3.35. The van der Waals surface area contributed by atoms with Gasteiger partial charge in [-0.25, -0.2) is 9.59 Å². The molecule has 1 heterocycles. The molecule has 186 valence electrons. The van der Waals surface area contributed by atoms with Crippen LogP contribution in [0.1, 0.15) is 43.2 Å². The number of aromatic nitrogens is 1. The summed E-state index contributed by atoms with van der Waals surface area (Å²) in [6.07, 6.45) is 1.51. The molecule has 0 aliphatic rings. The minimum absolute atomic E-state index is 0.187. The summed E-state index contributed by atoms with van der Waals surface area (Å²) in [6.45, 7) is 7.48. The molecular weight excluding hydrogens is 462 g/mol. The Kier molecular flexibility index (Phi) is 9.66. The van der Waals surface area contributed by atoms with Gasteiger partial charge in [0.25, 0.3) is 0 Å². The van der Waals surface area contributed by atoms with Crippen molar-refractivity contribution < 1.29 is 19.1 Å². The van der Waals surface area contributed by atoms with Crippen LogP contribution in [-0.2, 0) is 29.2 Å². The van der Waals surface area contributed by atoms with Crippen molar-refractivity contribution in [1.82, 2.24) is 14.8 Å². The van der Waals surface area contributed by atoms with Gasteiger partial charge in [-0.2, -0.15) is 0 Å². The molecule has 0 radical (unpaired) electrons. The quantitative estimate of drug-likeness (QED) is 0.339. The van der Waals surface area contributed by atoms with E-state index in [-0.39, 0.29) is 12.7 Å². The van der Waals surface area contributed by atoms with E-state index in [2.05, 4.69) is 4.98 Å². The molecule has 0 aliphatic carbocycles. The van der Waals surface area contributed by atoms with Crippen LogP contribution in [-0.4, -0.2) is 45.7 Å². The van der Waals surface area contributed by atoms with Gasteiger partial charge in [0, 0.05) is 32.4 Å². The zero-order valence-electron chi connectivity index (χ0n) is 20.6. The van der Waals surface area contributed by atoms with E-state index in [9.17, 15) is 9.59 Å². The fraction of sp³-hybridized carbons (Fsp3) is 0.370. The van der Waals surface area contributed by atoms with Gasteiger partial charge in [-0.1, -0.05) is 60.7 Å². The summed E-state index contributed by atoms with van der Waals surface area (Å²) in [5, 5.41) is 0. The van der Waals surface area contributed by atoms with Gasteiger partial charge in [-0.3, -0.25) is 4.98 Å². The summed E-state index contributed by atoms with van der Waals surface area (Å²) in [4.78, 5) is 34.1. The summed E-state index contributed by atoms with van der Waals surface area (Å²) in [5.74, 6) is 0. The molecule has 3 aromatic rings. The normalized spacial score (nSPS) is 11.1. The van der Waals surface area contributed by atoms with E-state index in [4.69, 9.17) is 9.47 Å². The maximum atomic E-state index is 12.9. The fourth-order valence-electron chi connectivity index (χ4n) is 3.39. The predicted octanol–water partition coefficient (Wildman–Crippen LogP) is 6.11. The number of thiazole rings is 1. The summed E-state index contributed by atoms with van der Waals surface area (Å²) in [7, 11) is 0. The number of nitrogens with zero attached hydrogens (tertiary/aromatic N) is 3. The highest BCUT2D eigenvalue weighted by Crippen LogP contribution is 2.15. The Hall–Kier alpha value is -3.39. The van der Waals surface area contributed by atoms with Crippen LogP contribution in [0.5, 0.6) is 0 Å². The minimum atomic E-state index is -0.591. The Morgan fingerprint density at radius 2 is 1.40 bits per heavy atom. The molecule has 0 aliphatic heterocycles. The smallest absolute Gasteiger partial charge is 0.410 e. The molecule has 3 rings (SSSR count). The topological polar surface area (TPSA) is 72.0 Å². The van der Waals surface area contributed by atoms with Crippen LogP contribution < -0.4 is 0 Å². The van der Waals surface area contributed by atoms with Crippen molar-refractivity contribution in [3.05, 3.63) is 88.4 Å². The molecule has 0 unspecified atom stereocenters. The maximum Gasteiger partial charge on any atom is 0.410 e. The molecule has 35 heavy (non-hydrogen) atoms. The Balaban J connectivity index is 1.64. The van der Waals surface area contributed by atoms with Gasteiger partial charge < -0.3 is 19.3 Å². The minimum Gasteiger partial charge on any atom is -0.444 e.